The second-order valence-corrected chi connectivity index (χ2v) is 7.12. The smallest absolute Gasteiger partial charge is 0.340 e. The van der Waals surface area contributed by atoms with Crippen molar-refractivity contribution < 1.29 is 9.53 Å². The van der Waals surface area contributed by atoms with Gasteiger partial charge in [-0.1, -0.05) is 18.2 Å². The third-order valence-corrected chi connectivity index (χ3v) is 5.33. The molecule has 0 aliphatic carbocycles. The lowest BCUT2D eigenvalue weighted by Crippen LogP contribution is -2.46. The van der Waals surface area contributed by atoms with Crippen molar-refractivity contribution in [3.8, 4) is 0 Å². The van der Waals surface area contributed by atoms with Crippen LogP contribution in [0.1, 0.15) is 28.5 Å². The third kappa shape index (κ3) is 4.05. The van der Waals surface area contributed by atoms with E-state index in [9.17, 15) is 4.79 Å². The van der Waals surface area contributed by atoms with Crippen LogP contribution in [0, 0.1) is 6.92 Å². The molecule has 1 saturated heterocycles. The number of ether oxygens (including phenoxy) is 1. The SMILES string of the molecule is CCOC(=O)c1c(CN2CCN(c3cnccn3)CC2)nc2ccccc2c1C. The number of esters is 1. The Kier molecular flexibility index (Phi) is 5.67. The molecule has 1 aliphatic rings. The van der Waals surface area contributed by atoms with Gasteiger partial charge in [0.05, 0.1) is 29.6 Å². The number of fused-ring (bicyclic) bond motifs is 1. The van der Waals surface area contributed by atoms with Crippen molar-refractivity contribution in [3.05, 3.63) is 59.7 Å². The van der Waals surface area contributed by atoms with E-state index in [0.29, 0.717) is 18.7 Å². The van der Waals surface area contributed by atoms with Crippen LogP contribution in [-0.2, 0) is 11.3 Å². The standard InChI is InChI=1S/C22H25N5O2/c1-3-29-22(28)21-16(2)17-6-4-5-7-18(17)25-19(21)15-26-10-12-27(13-11-26)20-14-23-8-9-24-20/h4-9,14H,3,10-13,15H2,1-2H3. The summed E-state index contributed by atoms with van der Waals surface area (Å²) in [4.78, 5) is 30.6. The summed E-state index contributed by atoms with van der Waals surface area (Å²) in [6.07, 6.45) is 5.20. The van der Waals surface area contributed by atoms with E-state index in [4.69, 9.17) is 9.72 Å². The minimum atomic E-state index is -0.295. The molecule has 1 aliphatic heterocycles. The van der Waals surface area contributed by atoms with Gasteiger partial charge >= 0.3 is 5.97 Å². The fourth-order valence-corrected chi connectivity index (χ4v) is 3.83. The van der Waals surface area contributed by atoms with Gasteiger partial charge in [0.15, 0.2) is 0 Å². The van der Waals surface area contributed by atoms with Crippen LogP contribution in [0.2, 0.25) is 0 Å². The third-order valence-electron chi connectivity index (χ3n) is 5.33. The molecule has 150 valence electrons. The lowest BCUT2D eigenvalue weighted by molar-refractivity contribution is 0.0522. The second-order valence-electron chi connectivity index (χ2n) is 7.12. The van der Waals surface area contributed by atoms with Gasteiger partial charge in [-0.25, -0.2) is 9.78 Å². The average Bonchev–Trinajstić information content (AvgIpc) is 2.75. The van der Waals surface area contributed by atoms with Crippen molar-refractivity contribution in [2.45, 2.75) is 20.4 Å². The topological polar surface area (TPSA) is 71.5 Å². The first-order chi connectivity index (χ1) is 14.2. The van der Waals surface area contributed by atoms with Crippen molar-refractivity contribution in [3.63, 3.8) is 0 Å². The van der Waals surface area contributed by atoms with E-state index in [-0.39, 0.29) is 5.97 Å². The van der Waals surface area contributed by atoms with Gasteiger partial charge in [-0.2, -0.15) is 0 Å². The Labute approximate surface area is 170 Å². The molecular weight excluding hydrogens is 366 g/mol. The summed E-state index contributed by atoms with van der Waals surface area (Å²) in [6.45, 7) is 8.23. The Bertz CT molecular complexity index is 1000. The van der Waals surface area contributed by atoms with Crippen molar-refractivity contribution in [2.24, 2.45) is 0 Å². The van der Waals surface area contributed by atoms with E-state index in [1.165, 1.54) is 0 Å². The summed E-state index contributed by atoms with van der Waals surface area (Å²) in [5.41, 5.74) is 3.22. The number of piperazine rings is 1. The van der Waals surface area contributed by atoms with E-state index in [1.54, 1.807) is 18.6 Å². The molecule has 0 amide bonds. The zero-order chi connectivity index (χ0) is 20.2. The number of pyridine rings is 1. The quantitative estimate of drug-likeness (QED) is 0.619. The van der Waals surface area contributed by atoms with Crippen molar-refractivity contribution >= 4 is 22.7 Å². The number of para-hydroxylation sites is 1. The minimum Gasteiger partial charge on any atom is -0.462 e. The summed E-state index contributed by atoms with van der Waals surface area (Å²) in [6, 6.07) is 7.94. The van der Waals surface area contributed by atoms with Crippen molar-refractivity contribution in [2.75, 3.05) is 37.7 Å². The van der Waals surface area contributed by atoms with Gasteiger partial charge in [0, 0.05) is 50.5 Å². The van der Waals surface area contributed by atoms with E-state index < -0.39 is 0 Å². The molecule has 0 radical (unpaired) electrons. The molecule has 0 atom stereocenters. The van der Waals surface area contributed by atoms with Crippen LogP contribution in [0.15, 0.2) is 42.9 Å². The number of nitrogens with zero attached hydrogens (tertiary/aromatic N) is 5. The summed E-state index contributed by atoms with van der Waals surface area (Å²) in [5.74, 6) is 0.607. The first-order valence-electron chi connectivity index (χ1n) is 9.96. The van der Waals surface area contributed by atoms with Gasteiger partial charge in [0.25, 0.3) is 0 Å². The average molecular weight is 391 g/mol. The number of anilines is 1. The second kappa shape index (κ2) is 8.53. The molecular formula is C22H25N5O2. The number of aryl methyl sites for hydroxylation is 1. The largest absolute Gasteiger partial charge is 0.462 e. The number of carbonyl (C=O) groups excluding carboxylic acids is 1. The summed E-state index contributed by atoms with van der Waals surface area (Å²) < 4.78 is 5.34. The molecule has 7 heteroatoms. The maximum Gasteiger partial charge on any atom is 0.340 e. The fourth-order valence-electron chi connectivity index (χ4n) is 3.83. The van der Waals surface area contributed by atoms with E-state index >= 15 is 0 Å². The van der Waals surface area contributed by atoms with Crippen LogP contribution in [0.4, 0.5) is 5.82 Å². The van der Waals surface area contributed by atoms with Gasteiger partial charge in [-0.15, -0.1) is 0 Å². The Balaban J connectivity index is 1.57. The maximum absolute atomic E-state index is 12.7. The predicted octanol–water partition coefficient (Wildman–Crippen LogP) is 2.83. The molecule has 1 aromatic carbocycles. The molecule has 3 heterocycles. The van der Waals surface area contributed by atoms with Crippen LogP contribution in [0.25, 0.3) is 10.9 Å². The number of rotatable bonds is 5. The van der Waals surface area contributed by atoms with E-state index in [0.717, 1.165) is 54.2 Å². The molecule has 1 fully saturated rings. The molecule has 0 unspecified atom stereocenters. The van der Waals surface area contributed by atoms with Crippen LogP contribution < -0.4 is 4.90 Å². The van der Waals surface area contributed by atoms with E-state index in [2.05, 4.69) is 19.8 Å². The number of hydrogen-bond donors (Lipinski definition) is 0. The van der Waals surface area contributed by atoms with Crippen LogP contribution >= 0.6 is 0 Å². The molecule has 3 aromatic rings. The summed E-state index contributed by atoms with van der Waals surface area (Å²) >= 11 is 0. The molecule has 4 rings (SSSR count). The first kappa shape index (κ1) is 19.3. The molecule has 0 bridgehead atoms. The minimum absolute atomic E-state index is 0.295. The molecule has 0 saturated carbocycles. The van der Waals surface area contributed by atoms with Crippen LogP contribution in [-0.4, -0.2) is 58.6 Å². The van der Waals surface area contributed by atoms with Gasteiger partial charge in [0.2, 0.25) is 0 Å². The number of hydrogen-bond acceptors (Lipinski definition) is 7. The Morgan fingerprint density at radius 3 is 2.66 bits per heavy atom. The number of carbonyl (C=O) groups is 1. The molecule has 2 aromatic heterocycles. The maximum atomic E-state index is 12.7. The molecule has 7 nitrogen and oxygen atoms in total. The highest BCUT2D eigenvalue weighted by molar-refractivity contribution is 5.98. The van der Waals surface area contributed by atoms with Gasteiger partial charge in [-0.05, 0) is 25.5 Å². The van der Waals surface area contributed by atoms with Gasteiger partial charge < -0.3 is 9.64 Å². The zero-order valence-electron chi connectivity index (χ0n) is 16.8. The highest BCUT2D eigenvalue weighted by Gasteiger charge is 2.24. The van der Waals surface area contributed by atoms with Crippen molar-refractivity contribution in [1.82, 2.24) is 19.9 Å². The van der Waals surface area contributed by atoms with Gasteiger partial charge in [-0.3, -0.25) is 14.9 Å². The lowest BCUT2D eigenvalue weighted by Gasteiger charge is -2.35. The molecule has 0 N–H and O–H groups in total. The fraction of sp³-hybridized carbons (Fsp3) is 0.364. The number of aromatic nitrogens is 3. The highest BCUT2D eigenvalue weighted by Crippen LogP contribution is 2.25. The first-order valence-corrected chi connectivity index (χ1v) is 9.96. The van der Waals surface area contributed by atoms with Crippen molar-refractivity contribution in [1.29, 1.82) is 0 Å². The normalized spacial score (nSPS) is 14.9. The summed E-state index contributed by atoms with van der Waals surface area (Å²) in [7, 11) is 0. The lowest BCUT2D eigenvalue weighted by atomic mass is 10.0. The monoisotopic (exact) mass is 391 g/mol. The predicted molar refractivity (Wildman–Crippen MR) is 112 cm³/mol. The van der Waals surface area contributed by atoms with Gasteiger partial charge in [0.1, 0.15) is 5.82 Å². The Morgan fingerprint density at radius 2 is 1.93 bits per heavy atom. The number of benzene rings is 1. The summed E-state index contributed by atoms with van der Waals surface area (Å²) in [5, 5.41) is 0.992. The molecule has 29 heavy (non-hydrogen) atoms. The highest BCUT2D eigenvalue weighted by atomic mass is 16.5. The Hall–Kier alpha value is -3.06. The Morgan fingerprint density at radius 1 is 1.14 bits per heavy atom. The zero-order valence-corrected chi connectivity index (χ0v) is 16.8. The van der Waals surface area contributed by atoms with Crippen LogP contribution in [0.3, 0.4) is 0 Å². The van der Waals surface area contributed by atoms with Crippen LogP contribution in [0.5, 0.6) is 0 Å². The molecule has 0 spiro atoms. The van der Waals surface area contributed by atoms with E-state index in [1.807, 2.05) is 38.1 Å².